The summed E-state index contributed by atoms with van der Waals surface area (Å²) in [6.07, 6.45) is 4.78. The summed E-state index contributed by atoms with van der Waals surface area (Å²) in [5, 5.41) is 8.90. The minimum absolute atomic E-state index is 0.0448. The standard InChI is InChI=1S/C25H21F2N/c1-2-3-4-5-18-11-21-12-20-10-16(8-9-22(20)23(21)14-25(18)27)17-6-7-19(15-28)24(26)13-17/h6-11,13-14H,2-5,12H2,1H3. The van der Waals surface area contributed by atoms with Crippen molar-refractivity contribution in [2.24, 2.45) is 0 Å². The van der Waals surface area contributed by atoms with Gasteiger partial charge in [-0.05, 0) is 76.4 Å². The van der Waals surface area contributed by atoms with E-state index in [1.54, 1.807) is 12.1 Å². The molecule has 1 nitrogen and oxygen atoms in total. The Bertz CT molecular complexity index is 1090. The molecule has 1 aliphatic carbocycles. The van der Waals surface area contributed by atoms with Crippen LogP contribution in [0.5, 0.6) is 0 Å². The highest BCUT2D eigenvalue weighted by molar-refractivity contribution is 5.80. The second-order valence-corrected chi connectivity index (χ2v) is 7.41. The zero-order valence-electron chi connectivity index (χ0n) is 15.9. The molecule has 0 fully saturated rings. The Balaban J connectivity index is 1.65. The van der Waals surface area contributed by atoms with E-state index in [-0.39, 0.29) is 11.4 Å². The number of nitriles is 1. The number of unbranched alkanes of at least 4 members (excludes halogenated alkanes) is 2. The normalized spacial score (nSPS) is 11.8. The molecule has 0 radical (unpaired) electrons. The SMILES string of the molecule is CCCCCc1cc2c(cc1F)-c1ccc(-c3ccc(C#N)c(F)c3)cc1C2. The van der Waals surface area contributed by atoms with E-state index in [1.165, 1.54) is 12.1 Å². The fraction of sp³-hybridized carbons (Fsp3) is 0.240. The van der Waals surface area contributed by atoms with E-state index in [0.717, 1.165) is 71.0 Å². The summed E-state index contributed by atoms with van der Waals surface area (Å²) in [7, 11) is 0. The lowest BCUT2D eigenvalue weighted by Gasteiger charge is -2.08. The van der Waals surface area contributed by atoms with Gasteiger partial charge in [0.15, 0.2) is 0 Å². The van der Waals surface area contributed by atoms with Crippen LogP contribution in [0.4, 0.5) is 8.78 Å². The minimum atomic E-state index is -0.512. The Kier molecular flexibility index (Phi) is 4.96. The van der Waals surface area contributed by atoms with Crippen molar-refractivity contribution >= 4 is 0 Å². The highest BCUT2D eigenvalue weighted by atomic mass is 19.1. The van der Waals surface area contributed by atoms with E-state index in [4.69, 9.17) is 5.26 Å². The van der Waals surface area contributed by atoms with Crippen LogP contribution in [0.25, 0.3) is 22.3 Å². The van der Waals surface area contributed by atoms with Crippen molar-refractivity contribution in [2.75, 3.05) is 0 Å². The monoisotopic (exact) mass is 373 g/mol. The average molecular weight is 373 g/mol. The van der Waals surface area contributed by atoms with Crippen LogP contribution in [0.2, 0.25) is 0 Å². The topological polar surface area (TPSA) is 23.8 Å². The smallest absolute Gasteiger partial charge is 0.141 e. The largest absolute Gasteiger partial charge is 0.207 e. The fourth-order valence-electron chi connectivity index (χ4n) is 4.00. The second-order valence-electron chi connectivity index (χ2n) is 7.41. The van der Waals surface area contributed by atoms with Gasteiger partial charge in [-0.1, -0.05) is 50.1 Å². The van der Waals surface area contributed by atoms with E-state index in [0.29, 0.717) is 0 Å². The molecule has 0 amide bonds. The maximum atomic E-state index is 14.6. The molecule has 0 saturated carbocycles. The molecule has 0 aliphatic heterocycles. The van der Waals surface area contributed by atoms with Gasteiger partial charge in [-0.15, -0.1) is 0 Å². The van der Waals surface area contributed by atoms with Gasteiger partial charge in [0, 0.05) is 0 Å². The molecule has 0 unspecified atom stereocenters. The maximum absolute atomic E-state index is 14.6. The van der Waals surface area contributed by atoms with Crippen LogP contribution in [0, 0.1) is 23.0 Å². The third-order valence-corrected chi connectivity index (χ3v) is 5.52. The summed E-state index contributed by atoms with van der Waals surface area (Å²) < 4.78 is 28.5. The van der Waals surface area contributed by atoms with Gasteiger partial charge < -0.3 is 0 Å². The lowest BCUT2D eigenvalue weighted by Crippen LogP contribution is -1.94. The lowest BCUT2D eigenvalue weighted by atomic mass is 9.97. The molecule has 0 atom stereocenters. The first-order chi connectivity index (χ1) is 13.6. The van der Waals surface area contributed by atoms with Crippen LogP contribution in [0.1, 0.15) is 48.4 Å². The number of benzene rings is 3. The predicted molar refractivity (Wildman–Crippen MR) is 108 cm³/mol. The number of halogens is 2. The van der Waals surface area contributed by atoms with Crippen molar-refractivity contribution in [1.29, 1.82) is 5.26 Å². The van der Waals surface area contributed by atoms with E-state index >= 15 is 0 Å². The number of hydrogen-bond acceptors (Lipinski definition) is 1. The van der Waals surface area contributed by atoms with Gasteiger partial charge in [0.25, 0.3) is 0 Å². The van der Waals surface area contributed by atoms with E-state index in [1.807, 2.05) is 30.3 Å². The Morgan fingerprint density at radius 2 is 1.61 bits per heavy atom. The van der Waals surface area contributed by atoms with Crippen molar-refractivity contribution in [3.05, 3.63) is 82.4 Å². The highest BCUT2D eigenvalue weighted by Crippen LogP contribution is 2.40. The molecule has 4 rings (SSSR count). The number of hydrogen-bond donors (Lipinski definition) is 0. The summed E-state index contributed by atoms with van der Waals surface area (Å²) >= 11 is 0. The fourth-order valence-corrected chi connectivity index (χ4v) is 4.00. The molecule has 0 aromatic heterocycles. The van der Waals surface area contributed by atoms with Crippen LogP contribution >= 0.6 is 0 Å². The van der Waals surface area contributed by atoms with Crippen LogP contribution in [0.15, 0.2) is 48.5 Å². The molecule has 0 saturated heterocycles. The summed E-state index contributed by atoms with van der Waals surface area (Å²) in [5.74, 6) is -0.636. The Morgan fingerprint density at radius 1 is 0.857 bits per heavy atom. The molecular weight excluding hydrogens is 352 g/mol. The first-order valence-electron chi connectivity index (χ1n) is 9.75. The van der Waals surface area contributed by atoms with Gasteiger partial charge in [-0.3, -0.25) is 0 Å². The number of nitrogens with zero attached hydrogens (tertiary/aromatic N) is 1. The molecule has 0 N–H and O–H groups in total. The molecule has 3 heteroatoms. The van der Waals surface area contributed by atoms with Crippen LogP contribution in [0.3, 0.4) is 0 Å². The van der Waals surface area contributed by atoms with Crippen LogP contribution in [-0.4, -0.2) is 0 Å². The zero-order chi connectivity index (χ0) is 19.7. The summed E-state index contributed by atoms with van der Waals surface area (Å²) in [5.41, 5.74) is 6.78. The Morgan fingerprint density at radius 3 is 2.36 bits per heavy atom. The van der Waals surface area contributed by atoms with Gasteiger partial charge in [0.2, 0.25) is 0 Å². The van der Waals surface area contributed by atoms with Gasteiger partial charge in [-0.2, -0.15) is 5.26 Å². The summed E-state index contributed by atoms with van der Waals surface area (Å²) in [6.45, 7) is 2.15. The average Bonchev–Trinajstić information content (AvgIpc) is 3.04. The van der Waals surface area contributed by atoms with Crippen molar-refractivity contribution < 1.29 is 8.78 Å². The van der Waals surface area contributed by atoms with Crippen LogP contribution < -0.4 is 0 Å². The van der Waals surface area contributed by atoms with Crippen molar-refractivity contribution in [2.45, 2.75) is 39.0 Å². The Hall–Kier alpha value is -2.99. The first-order valence-corrected chi connectivity index (χ1v) is 9.75. The predicted octanol–water partition coefficient (Wildman–Crippen LogP) is 6.81. The molecule has 0 heterocycles. The lowest BCUT2D eigenvalue weighted by molar-refractivity contribution is 0.598. The van der Waals surface area contributed by atoms with Gasteiger partial charge in [0.1, 0.15) is 17.7 Å². The summed E-state index contributed by atoms with van der Waals surface area (Å²) in [6, 6.07) is 16.2. The summed E-state index contributed by atoms with van der Waals surface area (Å²) in [4.78, 5) is 0. The van der Waals surface area contributed by atoms with E-state index < -0.39 is 5.82 Å². The van der Waals surface area contributed by atoms with Crippen LogP contribution in [-0.2, 0) is 12.8 Å². The number of rotatable bonds is 5. The maximum Gasteiger partial charge on any atom is 0.141 e. The molecule has 0 bridgehead atoms. The molecule has 3 aromatic carbocycles. The quantitative estimate of drug-likeness (QED) is 0.353. The molecule has 140 valence electrons. The second kappa shape index (κ2) is 7.56. The molecular formula is C25H21F2N. The molecule has 3 aromatic rings. The van der Waals surface area contributed by atoms with E-state index in [9.17, 15) is 8.78 Å². The van der Waals surface area contributed by atoms with Crippen molar-refractivity contribution in [1.82, 2.24) is 0 Å². The number of fused-ring (bicyclic) bond motifs is 3. The van der Waals surface area contributed by atoms with Crippen molar-refractivity contribution in [3.8, 4) is 28.3 Å². The third kappa shape index (κ3) is 3.31. The Labute approximate surface area is 164 Å². The van der Waals surface area contributed by atoms with Crippen molar-refractivity contribution in [3.63, 3.8) is 0 Å². The van der Waals surface area contributed by atoms with Gasteiger partial charge in [0.05, 0.1) is 5.56 Å². The highest BCUT2D eigenvalue weighted by Gasteiger charge is 2.21. The molecule has 1 aliphatic rings. The molecule has 28 heavy (non-hydrogen) atoms. The van der Waals surface area contributed by atoms with Gasteiger partial charge in [-0.25, -0.2) is 8.78 Å². The van der Waals surface area contributed by atoms with Gasteiger partial charge >= 0.3 is 0 Å². The third-order valence-electron chi connectivity index (χ3n) is 5.52. The molecule has 0 spiro atoms. The van der Waals surface area contributed by atoms with E-state index in [2.05, 4.69) is 6.92 Å². The first kappa shape index (κ1) is 18.4. The minimum Gasteiger partial charge on any atom is -0.207 e. The number of aryl methyl sites for hydroxylation is 1. The zero-order valence-corrected chi connectivity index (χ0v) is 15.9.